The molecule has 3 N–H and O–H groups in total. The second kappa shape index (κ2) is 8.72. The van der Waals surface area contributed by atoms with E-state index < -0.39 is 0 Å². The summed E-state index contributed by atoms with van der Waals surface area (Å²) < 4.78 is 13.1. The van der Waals surface area contributed by atoms with Crippen LogP contribution < -0.4 is 11.1 Å². The first-order chi connectivity index (χ1) is 13.0. The van der Waals surface area contributed by atoms with E-state index in [-0.39, 0.29) is 17.6 Å². The van der Waals surface area contributed by atoms with Crippen LogP contribution in [0.2, 0.25) is 0 Å². The minimum absolute atomic E-state index is 0.279. The number of carbonyl (C=O) groups is 1. The van der Waals surface area contributed by atoms with E-state index in [2.05, 4.69) is 15.2 Å². The topological polar surface area (TPSA) is 70.7 Å². The maximum Gasteiger partial charge on any atom is 0.222 e. The zero-order valence-electron chi connectivity index (χ0n) is 16.2. The zero-order chi connectivity index (χ0) is 19.3. The highest BCUT2D eigenvalue weighted by Crippen LogP contribution is 2.43. The summed E-state index contributed by atoms with van der Waals surface area (Å²) in [5.41, 5.74) is 6.95. The summed E-state index contributed by atoms with van der Waals surface area (Å²) in [5.74, 6) is -0.146. The van der Waals surface area contributed by atoms with E-state index >= 15 is 0 Å². The van der Waals surface area contributed by atoms with Crippen molar-refractivity contribution in [2.45, 2.75) is 44.9 Å². The molecule has 5 nitrogen and oxygen atoms in total. The van der Waals surface area contributed by atoms with Crippen LogP contribution >= 0.6 is 0 Å². The molecule has 0 aromatic heterocycles. The van der Waals surface area contributed by atoms with Gasteiger partial charge in [-0.1, -0.05) is 31.4 Å². The maximum atomic E-state index is 13.1. The fraction of sp³-hybridized carbons (Fsp3) is 0.619. The molecule has 1 atom stereocenters. The molecule has 2 aliphatic rings. The average molecular weight is 375 g/mol. The molecule has 1 heterocycles. The van der Waals surface area contributed by atoms with Crippen molar-refractivity contribution in [2.24, 2.45) is 22.1 Å². The smallest absolute Gasteiger partial charge is 0.222 e. The van der Waals surface area contributed by atoms with Crippen LogP contribution in [0.4, 0.5) is 4.39 Å². The number of rotatable bonds is 5. The fourth-order valence-corrected chi connectivity index (χ4v) is 4.55. The van der Waals surface area contributed by atoms with Gasteiger partial charge in [0, 0.05) is 26.7 Å². The minimum Gasteiger partial charge on any atom is -0.369 e. The van der Waals surface area contributed by atoms with Crippen LogP contribution in [0.15, 0.2) is 29.3 Å². The zero-order valence-corrected chi connectivity index (χ0v) is 16.2. The number of nitrogens with zero attached hydrogens (tertiary/aromatic N) is 2. The van der Waals surface area contributed by atoms with Gasteiger partial charge in [-0.05, 0) is 48.8 Å². The van der Waals surface area contributed by atoms with Crippen LogP contribution in [0.3, 0.4) is 0 Å². The van der Waals surface area contributed by atoms with E-state index in [0.717, 1.165) is 24.6 Å². The molecule has 1 saturated carbocycles. The van der Waals surface area contributed by atoms with Crippen molar-refractivity contribution in [1.29, 1.82) is 0 Å². The molecule has 1 aliphatic heterocycles. The Kier molecular flexibility index (Phi) is 6.34. The SMILES string of the molecule is CN=C(NCC(Cc1ccc(F)cc1)C(N)=O)N1CCC2(CCCCC2)C1. The predicted molar refractivity (Wildman–Crippen MR) is 106 cm³/mol. The van der Waals surface area contributed by atoms with Crippen LogP contribution in [-0.4, -0.2) is 43.4 Å². The highest BCUT2D eigenvalue weighted by Gasteiger charge is 2.39. The van der Waals surface area contributed by atoms with Crippen molar-refractivity contribution in [3.05, 3.63) is 35.6 Å². The first-order valence-corrected chi connectivity index (χ1v) is 10.0. The number of hydrogen-bond donors (Lipinski definition) is 2. The second-order valence-corrected chi connectivity index (χ2v) is 8.09. The summed E-state index contributed by atoms with van der Waals surface area (Å²) in [6, 6.07) is 6.22. The number of likely N-dealkylation sites (tertiary alicyclic amines) is 1. The molecule has 1 saturated heterocycles. The van der Waals surface area contributed by atoms with Gasteiger partial charge in [-0.15, -0.1) is 0 Å². The number of halogens is 1. The maximum absolute atomic E-state index is 13.1. The summed E-state index contributed by atoms with van der Waals surface area (Å²) in [6.07, 6.45) is 8.37. The van der Waals surface area contributed by atoms with Gasteiger partial charge in [0.2, 0.25) is 5.91 Å². The van der Waals surface area contributed by atoms with Gasteiger partial charge in [0.15, 0.2) is 5.96 Å². The molecule has 0 radical (unpaired) electrons. The number of nitrogens with one attached hydrogen (secondary N) is 1. The Balaban J connectivity index is 1.57. The fourth-order valence-electron chi connectivity index (χ4n) is 4.55. The lowest BCUT2D eigenvalue weighted by Gasteiger charge is -2.33. The number of amides is 1. The number of primary amides is 1. The third-order valence-corrected chi connectivity index (χ3v) is 6.17. The third kappa shape index (κ3) is 4.99. The van der Waals surface area contributed by atoms with Crippen molar-refractivity contribution in [3.63, 3.8) is 0 Å². The Morgan fingerprint density at radius 3 is 2.59 bits per heavy atom. The van der Waals surface area contributed by atoms with E-state index in [9.17, 15) is 9.18 Å². The van der Waals surface area contributed by atoms with Gasteiger partial charge >= 0.3 is 0 Å². The number of carbonyl (C=O) groups excluding carboxylic acids is 1. The standard InChI is InChI=1S/C21H31FN4O/c1-24-20(26-12-11-21(15-26)9-3-2-4-10-21)25-14-17(19(23)27)13-16-5-7-18(22)8-6-16/h5-8,17H,2-4,9-15H2,1H3,(H2,23,27)(H,24,25). The number of guanidine groups is 1. The van der Waals surface area contributed by atoms with Crippen molar-refractivity contribution >= 4 is 11.9 Å². The summed E-state index contributed by atoms with van der Waals surface area (Å²) in [7, 11) is 1.79. The van der Waals surface area contributed by atoms with Crippen molar-refractivity contribution in [3.8, 4) is 0 Å². The summed E-state index contributed by atoms with van der Waals surface area (Å²) in [5, 5.41) is 3.35. The molecule has 3 rings (SSSR count). The lowest BCUT2D eigenvalue weighted by atomic mass is 9.73. The van der Waals surface area contributed by atoms with Gasteiger partial charge in [0.25, 0.3) is 0 Å². The van der Waals surface area contributed by atoms with Crippen LogP contribution in [0.25, 0.3) is 0 Å². The normalized spacial score (nSPS) is 20.7. The molecule has 1 unspecified atom stereocenters. The van der Waals surface area contributed by atoms with Gasteiger partial charge in [-0.2, -0.15) is 0 Å². The molecular formula is C21H31FN4O. The van der Waals surface area contributed by atoms with Gasteiger partial charge in [-0.25, -0.2) is 4.39 Å². The lowest BCUT2D eigenvalue weighted by Crippen LogP contribution is -2.45. The van der Waals surface area contributed by atoms with Crippen LogP contribution in [-0.2, 0) is 11.2 Å². The van der Waals surface area contributed by atoms with Gasteiger partial charge in [0.1, 0.15) is 5.82 Å². The first kappa shape index (κ1) is 19.6. The minimum atomic E-state index is -0.363. The molecular weight excluding hydrogens is 343 g/mol. The largest absolute Gasteiger partial charge is 0.369 e. The van der Waals surface area contributed by atoms with Crippen molar-refractivity contribution in [2.75, 3.05) is 26.7 Å². The van der Waals surface area contributed by atoms with Gasteiger partial charge in [0.05, 0.1) is 5.92 Å². The molecule has 1 aromatic rings. The molecule has 27 heavy (non-hydrogen) atoms. The molecule has 1 spiro atoms. The van der Waals surface area contributed by atoms with Crippen molar-refractivity contribution in [1.82, 2.24) is 10.2 Å². The molecule has 148 valence electrons. The lowest BCUT2D eigenvalue weighted by molar-refractivity contribution is -0.121. The number of benzene rings is 1. The number of hydrogen-bond acceptors (Lipinski definition) is 2. The van der Waals surface area contributed by atoms with Crippen molar-refractivity contribution < 1.29 is 9.18 Å². The van der Waals surface area contributed by atoms with Crippen LogP contribution in [0, 0.1) is 17.2 Å². The monoisotopic (exact) mass is 374 g/mol. The molecule has 1 aromatic carbocycles. The van der Waals surface area contributed by atoms with Crippen LogP contribution in [0.1, 0.15) is 44.1 Å². The van der Waals surface area contributed by atoms with Gasteiger partial charge in [-0.3, -0.25) is 9.79 Å². The van der Waals surface area contributed by atoms with E-state index in [1.54, 1.807) is 19.2 Å². The third-order valence-electron chi connectivity index (χ3n) is 6.17. The molecule has 1 aliphatic carbocycles. The van der Waals surface area contributed by atoms with E-state index in [1.165, 1.54) is 50.7 Å². The van der Waals surface area contributed by atoms with E-state index in [0.29, 0.717) is 18.4 Å². The molecule has 2 fully saturated rings. The molecule has 1 amide bonds. The average Bonchev–Trinajstić information content (AvgIpc) is 3.06. The number of aliphatic imine (C=N–C) groups is 1. The Bertz CT molecular complexity index is 667. The highest BCUT2D eigenvalue weighted by molar-refractivity contribution is 5.82. The van der Waals surface area contributed by atoms with E-state index in [4.69, 9.17) is 5.73 Å². The Morgan fingerprint density at radius 2 is 1.96 bits per heavy atom. The van der Waals surface area contributed by atoms with Gasteiger partial charge < -0.3 is 16.0 Å². The van der Waals surface area contributed by atoms with Crippen LogP contribution in [0.5, 0.6) is 0 Å². The summed E-state index contributed by atoms with van der Waals surface area (Å²) in [4.78, 5) is 18.6. The second-order valence-electron chi connectivity index (χ2n) is 8.09. The number of nitrogens with two attached hydrogens (primary N) is 1. The Labute approximate surface area is 161 Å². The van der Waals surface area contributed by atoms with E-state index in [1.807, 2.05) is 0 Å². The molecule has 6 heteroatoms. The highest BCUT2D eigenvalue weighted by atomic mass is 19.1. The quantitative estimate of drug-likeness (QED) is 0.615. The Hall–Kier alpha value is -2.11. The predicted octanol–water partition coefficient (Wildman–Crippen LogP) is 2.70. The summed E-state index contributed by atoms with van der Waals surface area (Å²) in [6.45, 7) is 2.49. The Morgan fingerprint density at radius 1 is 1.26 bits per heavy atom. The summed E-state index contributed by atoms with van der Waals surface area (Å²) >= 11 is 0. The molecule has 0 bridgehead atoms. The first-order valence-electron chi connectivity index (χ1n) is 10.0.